The highest BCUT2D eigenvalue weighted by Gasteiger charge is 2.18. The molecule has 0 radical (unpaired) electrons. The molecule has 0 spiro atoms. The molecule has 1 aromatic rings. The lowest BCUT2D eigenvalue weighted by atomic mass is 10.2. The smallest absolute Gasteiger partial charge is 0.115 e. The monoisotopic (exact) mass is 220 g/mol. The molecular formula is C8H12O3S2. The van der Waals surface area contributed by atoms with Crippen molar-refractivity contribution in [2.45, 2.75) is 18.8 Å². The molecule has 0 aromatic carbocycles. The van der Waals surface area contributed by atoms with Gasteiger partial charge in [0.25, 0.3) is 0 Å². The molecule has 0 amide bonds. The van der Waals surface area contributed by atoms with Crippen molar-refractivity contribution < 1.29 is 15.3 Å². The summed E-state index contributed by atoms with van der Waals surface area (Å²) in [4.78, 5) is 1.44. The molecule has 1 rings (SSSR count). The number of hydrogen-bond donors (Lipinski definition) is 4. The molecule has 0 aliphatic heterocycles. The molecule has 0 aliphatic rings. The van der Waals surface area contributed by atoms with Gasteiger partial charge >= 0.3 is 0 Å². The van der Waals surface area contributed by atoms with Crippen LogP contribution in [0.3, 0.4) is 0 Å². The van der Waals surface area contributed by atoms with Gasteiger partial charge in [0.05, 0.1) is 12.7 Å². The third-order valence-electron chi connectivity index (χ3n) is 1.68. The number of thiol groups is 1. The van der Waals surface area contributed by atoms with Crippen LogP contribution in [0.25, 0.3) is 0 Å². The summed E-state index contributed by atoms with van der Waals surface area (Å²) in [5.74, 6) is 0.216. The van der Waals surface area contributed by atoms with E-state index in [2.05, 4.69) is 12.6 Å². The average Bonchev–Trinajstić information content (AvgIpc) is 2.63. The van der Waals surface area contributed by atoms with Crippen molar-refractivity contribution >= 4 is 24.0 Å². The summed E-state index contributed by atoms with van der Waals surface area (Å²) in [7, 11) is 0. The highest BCUT2D eigenvalue weighted by Crippen LogP contribution is 2.25. The van der Waals surface area contributed by atoms with Crippen LogP contribution >= 0.6 is 24.0 Å². The van der Waals surface area contributed by atoms with E-state index in [0.29, 0.717) is 4.88 Å². The fraction of sp³-hybridized carbons (Fsp3) is 0.500. The van der Waals surface area contributed by atoms with Gasteiger partial charge in [-0.05, 0) is 12.1 Å². The van der Waals surface area contributed by atoms with Gasteiger partial charge in [-0.3, -0.25) is 0 Å². The van der Waals surface area contributed by atoms with Crippen LogP contribution in [-0.2, 0) is 6.61 Å². The van der Waals surface area contributed by atoms with E-state index in [0.717, 1.165) is 4.88 Å². The Labute approximate surface area is 86.1 Å². The Morgan fingerprint density at radius 2 is 2.08 bits per heavy atom. The predicted octanol–water partition coefficient (Wildman–Crippen LogP) is 0.565. The lowest BCUT2D eigenvalue weighted by Gasteiger charge is -2.13. The number of aliphatic hydroxyl groups excluding tert-OH is 3. The molecule has 74 valence electrons. The lowest BCUT2D eigenvalue weighted by Crippen LogP contribution is -2.18. The molecule has 0 fully saturated rings. The Kier molecular flexibility index (Phi) is 4.21. The summed E-state index contributed by atoms with van der Waals surface area (Å²) in [6.07, 6.45) is -1.75. The van der Waals surface area contributed by atoms with E-state index in [1.165, 1.54) is 11.3 Å². The summed E-state index contributed by atoms with van der Waals surface area (Å²) < 4.78 is 0. The lowest BCUT2D eigenvalue weighted by molar-refractivity contribution is 0.0360. The van der Waals surface area contributed by atoms with Crippen molar-refractivity contribution in [1.29, 1.82) is 0 Å². The van der Waals surface area contributed by atoms with Gasteiger partial charge in [-0.2, -0.15) is 12.6 Å². The van der Waals surface area contributed by atoms with Crippen molar-refractivity contribution in [2.75, 3.05) is 5.75 Å². The van der Waals surface area contributed by atoms with Crippen LogP contribution in [0, 0.1) is 0 Å². The van der Waals surface area contributed by atoms with Crippen LogP contribution in [0.5, 0.6) is 0 Å². The summed E-state index contributed by atoms with van der Waals surface area (Å²) >= 11 is 5.17. The van der Waals surface area contributed by atoms with E-state index in [1.807, 2.05) is 0 Å². The summed E-state index contributed by atoms with van der Waals surface area (Å²) in [6.45, 7) is -0.0334. The van der Waals surface area contributed by atoms with Crippen LogP contribution in [0.1, 0.15) is 15.9 Å². The minimum Gasteiger partial charge on any atom is -0.391 e. The Hall–Kier alpha value is -0.0700. The second-order valence-corrected chi connectivity index (χ2v) is 4.22. The maximum absolute atomic E-state index is 9.53. The maximum Gasteiger partial charge on any atom is 0.115 e. The van der Waals surface area contributed by atoms with Gasteiger partial charge in [0, 0.05) is 15.5 Å². The molecule has 5 heteroatoms. The van der Waals surface area contributed by atoms with Gasteiger partial charge < -0.3 is 15.3 Å². The zero-order valence-electron chi connectivity index (χ0n) is 6.92. The van der Waals surface area contributed by atoms with Crippen molar-refractivity contribution in [2.24, 2.45) is 0 Å². The van der Waals surface area contributed by atoms with E-state index in [4.69, 9.17) is 5.11 Å². The van der Waals surface area contributed by atoms with Crippen LogP contribution in [-0.4, -0.2) is 27.2 Å². The molecule has 0 bridgehead atoms. The van der Waals surface area contributed by atoms with Crippen LogP contribution in [0.15, 0.2) is 12.1 Å². The molecule has 13 heavy (non-hydrogen) atoms. The summed E-state index contributed by atoms with van der Waals surface area (Å²) in [5, 5.41) is 27.6. The van der Waals surface area contributed by atoms with Crippen molar-refractivity contribution in [3.8, 4) is 0 Å². The highest BCUT2D eigenvalue weighted by atomic mass is 32.1. The standard InChI is InChI=1S/C8H12O3S2/c9-3-5-1-2-7(13-5)8(11)6(10)4-12/h1-2,6,8-12H,3-4H2. The van der Waals surface area contributed by atoms with E-state index in [-0.39, 0.29) is 12.4 Å². The minimum atomic E-state index is -0.900. The number of rotatable bonds is 4. The average molecular weight is 220 g/mol. The SMILES string of the molecule is OCc1ccc(C(O)C(O)CS)s1. The van der Waals surface area contributed by atoms with Gasteiger partial charge in [0.2, 0.25) is 0 Å². The number of hydrogen-bond acceptors (Lipinski definition) is 5. The third-order valence-corrected chi connectivity index (χ3v) is 3.20. The molecule has 0 saturated heterocycles. The van der Waals surface area contributed by atoms with Crippen LogP contribution < -0.4 is 0 Å². The summed E-state index contributed by atoms with van der Waals surface area (Å²) in [5.41, 5.74) is 0. The number of aliphatic hydroxyl groups is 3. The first-order valence-electron chi connectivity index (χ1n) is 3.85. The van der Waals surface area contributed by atoms with Gasteiger partial charge in [-0.25, -0.2) is 0 Å². The van der Waals surface area contributed by atoms with Gasteiger partial charge in [-0.1, -0.05) is 0 Å². The zero-order valence-corrected chi connectivity index (χ0v) is 8.63. The van der Waals surface area contributed by atoms with E-state index in [9.17, 15) is 10.2 Å². The van der Waals surface area contributed by atoms with E-state index in [1.54, 1.807) is 12.1 Å². The minimum absolute atomic E-state index is 0.0334. The summed E-state index contributed by atoms with van der Waals surface area (Å²) in [6, 6.07) is 3.43. The third kappa shape index (κ3) is 2.69. The molecule has 0 saturated carbocycles. The van der Waals surface area contributed by atoms with Crippen molar-refractivity contribution in [3.05, 3.63) is 21.9 Å². The largest absolute Gasteiger partial charge is 0.391 e. The zero-order chi connectivity index (χ0) is 9.84. The molecule has 1 heterocycles. The Bertz CT molecular complexity index is 262. The molecule has 0 aliphatic carbocycles. The van der Waals surface area contributed by atoms with E-state index < -0.39 is 12.2 Å². The highest BCUT2D eigenvalue weighted by molar-refractivity contribution is 7.80. The normalized spacial score (nSPS) is 15.7. The molecular weight excluding hydrogens is 208 g/mol. The number of thiophene rings is 1. The van der Waals surface area contributed by atoms with Gasteiger partial charge in [-0.15, -0.1) is 11.3 Å². The first-order chi connectivity index (χ1) is 6.19. The second kappa shape index (κ2) is 4.97. The van der Waals surface area contributed by atoms with Crippen molar-refractivity contribution in [3.63, 3.8) is 0 Å². The van der Waals surface area contributed by atoms with Gasteiger partial charge in [0.15, 0.2) is 0 Å². The second-order valence-electron chi connectivity index (χ2n) is 2.66. The Morgan fingerprint density at radius 1 is 1.38 bits per heavy atom. The molecule has 1 aromatic heterocycles. The maximum atomic E-state index is 9.53. The van der Waals surface area contributed by atoms with Crippen LogP contribution in [0.2, 0.25) is 0 Å². The van der Waals surface area contributed by atoms with Gasteiger partial charge in [0.1, 0.15) is 6.10 Å². The molecule has 3 N–H and O–H groups in total. The quantitative estimate of drug-likeness (QED) is 0.561. The van der Waals surface area contributed by atoms with Crippen LogP contribution in [0.4, 0.5) is 0 Å². The fourth-order valence-corrected chi connectivity index (χ4v) is 2.04. The topological polar surface area (TPSA) is 60.7 Å². The Morgan fingerprint density at radius 3 is 2.54 bits per heavy atom. The van der Waals surface area contributed by atoms with Crippen molar-refractivity contribution in [1.82, 2.24) is 0 Å². The van der Waals surface area contributed by atoms with E-state index >= 15 is 0 Å². The molecule has 2 unspecified atom stereocenters. The first kappa shape index (κ1) is 11.0. The molecule has 3 nitrogen and oxygen atoms in total. The Balaban J connectivity index is 2.70. The first-order valence-corrected chi connectivity index (χ1v) is 5.30. The predicted molar refractivity (Wildman–Crippen MR) is 55.1 cm³/mol. The molecule has 2 atom stereocenters. The fourth-order valence-electron chi connectivity index (χ4n) is 0.928.